The number of Topliss-reactive ketones (excluding diaryl/α,β-unsaturated/α-hetero) is 1. The van der Waals surface area contributed by atoms with Gasteiger partial charge in [-0.3, -0.25) is 4.79 Å². The lowest BCUT2D eigenvalue weighted by atomic mass is 9.97. The van der Waals surface area contributed by atoms with E-state index in [0.717, 1.165) is 11.1 Å². The summed E-state index contributed by atoms with van der Waals surface area (Å²) in [4.78, 5) is 11.6. The van der Waals surface area contributed by atoms with Crippen LogP contribution in [0, 0.1) is 13.8 Å². The second-order valence-corrected chi connectivity index (χ2v) is 3.42. The number of phenols is 1. The maximum Gasteiger partial charge on any atom is 0.164 e. The zero-order valence-corrected chi connectivity index (χ0v) is 8.50. The van der Waals surface area contributed by atoms with Gasteiger partial charge >= 0.3 is 0 Å². The van der Waals surface area contributed by atoms with Gasteiger partial charge in [0, 0.05) is 12.0 Å². The number of carbonyl (C=O) groups is 1. The topological polar surface area (TPSA) is 63.3 Å². The van der Waals surface area contributed by atoms with Crippen molar-refractivity contribution in [2.24, 2.45) is 5.73 Å². The maximum absolute atomic E-state index is 11.6. The van der Waals surface area contributed by atoms with Crippen molar-refractivity contribution < 1.29 is 9.90 Å². The Hall–Kier alpha value is -1.35. The Kier molecular flexibility index (Phi) is 3.25. The van der Waals surface area contributed by atoms with Gasteiger partial charge in [0.2, 0.25) is 0 Å². The molecule has 3 heteroatoms. The lowest BCUT2D eigenvalue weighted by Gasteiger charge is -2.08. The molecule has 0 saturated heterocycles. The molecule has 1 aromatic rings. The van der Waals surface area contributed by atoms with Crippen molar-refractivity contribution in [3.05, 3.63) is 28.8 Å². The molecule has 14 heavy (non-hydrogen) atoms. The van der Waals surface area contributed by atoms with Crippen molar-refractivity contribution >= 4 is 5.78 Å². The van der Waals surface area contributed by atoms with Gasteiger partial charge < -0.3 is 10.8 Å². The van der Waals surface area contributed by atoms with Crippen LogP contribution in [-0.2, 0) is 0 Å². The van der Waals surface area contributed by atoms with Crippen LogP contribution >= 0.6 is 0 Å². The van der Waals surface area contributed by atoms with Gasteiger partial charge in [-0.1, -0.05) is 0 Å². The van der Waals surface area contributed by atoms with Crippen molar-refractivity contribution in [3.63, 3.8) is 0 Å². The fraction of sp³-hybridized carbons (Fsp3) is 0.364. The van der Waals surface area contributed by atoms with Gasteiger partial charge in [0.1, 0.15) is 5.75 Å². The average molecular weight is 193 g/mol. The molecule has 3 nitrogen and oxygen atoms in total. The van der Waals surface area contributed by atoms with Crippen LogP contribution in [0.1, 0.15) is 27.9 Å². The smallest absolute Gasteiger partial charge is 0.164 e. The number of aromatic hydroxyl groups is 1. The van der Waals surface area contributed by atoms with Gasteiger partial charge in [-0.2, -0.15) is 0 Å². The van der Waals surface area contributed by atoms with Crippen molar-refractivity contribution in [3.8, 4) is 5.75 Å². The van der Waals surface area contributed by atoms with Gasteiger partial charge in [-0.05, 0) is 43.7 Å². The Morgan fingerprint density at radius 3 is 2.29 bits per heavy atom. The fourth-order valence-corrected chi connectivity index (χ4v) is 1.64. The fourth-order valence-electron chi connectivity index (χ4n) is 1.64. The molecule has 1 rings (SSSR count). The number of ketones is 1. The number of phenolic OH excluding ortho intramolecular Hbond substituents is 1. The van der Waals surface area contributed by atoms with E-state index in [1.807, 2.05) is 13.8 Å². The third-order valence-electron chi connectivity index (χ3n) is 2.17. The zero-order valence-electron chi connectivity index (χ0n) is 8.50. The average Bonchev–Trinajstić information content (AvgIpc) is 2.01. The molecule has 1 aromatic carbocycles. The lowest BCUT2D eigenvalue weighted by Crippen LogP contribution is -2.10. The number of carbonyl (C=O) groups excluding carboxylic acids is 1. The summed E-state index contributed by atoms with van der Waals surface area (Å²) in [7, 11) is 0. The molecule has 0 atom stereocenters. The molecule has 0 unspecified atom stereocenters. The van der Waals surface area contributed by atoms with Crippen molar-refractivity contribution in [2.75, 3.05) is 6.54 Å². The number of aryl methyl sites for hydroxylation is 2. The molecule has 0 aromatic heterocycles. The van der Waals surface area contributed by atoms with Gasteiger partial charge in [-0.15, -0.1) is 0 Å². The highest BCUT2D eigenvalue weighted by molar-refractivity contribution is 5.99. The zero-order chi connectivity index (χ0) is 10.7. The van der Waals surface area contributed by atoms with Gasteiger partial charge in [-0.25, -0.2) is 0 Å². The van der Waals surface area contributed by atoms with E-state index in [1.54, 1.807) is 12.1 Å². The second kappa shape index (κ2) is 4.24. The standard InChI is InChI=1S/C11H15NO2/c1-7-5-9(13)6-8(2)11(7)10(14)3-4-12/h5-6,13H,3-4,12H2,1-2H3. The first-order valence-electron chi connectivity index (χ1n) is 4.59. The number of nitrogens with two attached hydrogens (primary N) is 1. The minimum atomic E-state index is 0.0440. The molecule has 0 radical (unpaired) electrons. The molecule has 0 aliphatic heterocycles. The molecule has 3 N–H and O–H groups in total. The molecule has 0 saturated carbocycles. The van der Waals surface area contributed by atoms with Crippen molar-refractivity contribution in [2.45, 2.75) is 20.3 Å². The van der Waals surface area contributed by atoms with E-state index in [4.69, 9.17) is 5.73 Å². The van der Waals surface area contributed by atoms with Crippen LogP contribution in [0.15, 0.2) is 12.1 Å². The molecular weight excluding hydrogens is 178 g/mol. The number of hydrogen-bond acceptors (Lipinski definition) is 3. The Labute approximate surface area is 83.6 Å². The van der Waals surface area contributed by atoms with E-state index in [9.17, 15) is 9.90 Å². The summed E-state index contributed by atoms with van der Waals surface area (Å²) < 4.78 is 0. The van der Waals surface area contributed by atoms with Crippen molar-refractivity contribution in [1.29, 1.82) is 0 Å². The van der Waals surface area contributed by atoms with Crippen LogP contribution in [0.4, 0.5) is 0 Å². The number of hydrogen-bond donors (Lipinski definition) is 2. The normalized spacial score (nSPS) is 10.2. The maximum atomic E-state index is 11.6. The first kappa shape index (κ1) is 10.7. The summed E-state index contributed by atoms with van der Waals surface area (Å²) in [6, 6.07) is 3.19. The van der Waals surface area contributed by atoms with E-state index in [0.29, 0.717) is 18.5 Å². The van der Waals surface area contributed by atoms with Crippen LogP contribution in [-0.4, -0.2) is 17.4 Å². The van der Waals surface area contributed by atoms with Crippen LogP contribution in [0.2, 0.25) is 0 Å². The summed E-state index contributed by atoms with van der Waals surface area (Å²) in [6.07, 6.45) is 0.354. The molecular formula is C11H15NO2. The third kappa shape index (κ3) is 2.12. The largest absolute Gasteiger partial charge is 0.508 e. The Bertz CT molecular complexity index is 335. The van der Waals surface area contributed by atoms with E-state index in [1.165, 1.54) is 0 Å². The van der Waals surface area contributed by atoms with Crippen LogP contribution in [0.5, 0.6) is 5.75 Å². The van der Waals surface area contributed by atoms with E-state index < -0.39 is 0 Å². The molecule has 0 aliphatic rings. The molecule has 0 bridgehead atoms. The van der Waals surface area contributed by atoms with E-state index in [2.05, 4.69) is 0 Å². The first-order valence-corrected chi connectivity index (χ1v) is 4.59. The van der Waals surface area contributed by atoms with Gasteiger partial charge in [0.25, 0.3) is 0 Å². The van der Waals surface area contributed by atoms with Crippen LogP contribution in [0.25, 0.3) is 0 Å². The highest BCUT2D eigenvalue weighted by Crippen LogP contribution is 2.21. The Morgan fingerprint density at radius 2 is 1.86 bits per heavy atom. The second-order valence-electron chi connectivity index (χ2n) is 3.42. The molecule has 0 heterocycles. The first-order chi connectivity index (χ1) is 6.56. The SMILES string of the molecule is Cc1cc(O)cc(C)c1C(=O)CCN. The summed E-state index contributed by atoms with van der Waals surface area (Å²) in [5.41, 5.74) is 7.63. The van der Waals surface area contributed by atoms with Crippen LogP contribution < -0.4 is 5.73 Å². The highest BCUT2D eigenvalue weighted by atomic mass is 16.3. The van der Waals surface area contributed by atoms with Gasteiger partial charge in [0.15, 0.2) is 5.78 Å². The predicted octanol–water partition coefficient (Wildman–Crippen LogP) is 1.54. The Morgan fingerprint density at radius 1 is 1.36 bits per heavy atom. The summed E-state index contributed by atoms with van der Waals surface area (Å²) in [6.45, 7) is 3.99. The lowest BCUT2D eigenvalue weighted by molar-refractivity contribution is 0.0984. The summed E-state index contributed by atoms with van der Waals surface area (Å²) in [5, 5.41) is 9.29. The van der Waals surface area contributed by atoms with E-state index in [-0.39, 0.29) is 11.5 Å². The monoisotopic (exact) mass is 193 g/mol. The van der Waals surface area contributed by atoms with Crippen LogP contribution in [0.3, 0.4) is 0 Å². The van der Waals surface area contributed by atoms with E-state index >= 15 is 0 Å². The highest BCUT2D eigenvalue weighted by Gasteiger charge is 2.12. The minimum absolute atomic E-state index is 0.0440. The van der Waals surface area contributed by atoms with Gasteiger partial charge in [0.05, 0.1) is 0 Å². The minimum Gasteiger partial charge on any atom is -0.508 e. The molecule has 0 aliphatic carbocycles. The van der Waals surface area contributed by atoms with Crippen molar-refractivity contribution in [1.82, 2.24) is 0 Å². The number of rotatable bonds is 3. The molecule has 76 valence electrons. The quantitative estimate of drug-likeness (QED) is 0.716. The molecule has 0 spiro atoms. The predicted molar refractivity (Wildman–Crippen MR) is 55.6 cm³/mol. The summed E-state index contributed by atoms with van der Waals surface area (Å²) in [5.74, 6) is 0.242. The molecule has 0 amide bonds. The third-order valence-corrected chi connectivity index (χ3v) is 2.17. The molecule has 0 fully saturated rings. The Balaban J connectivity index is 3.14. The number of benzene rings is 1. The summed E-state index contributed by atoms with van der Waals surface area (Å²) >= 11 is 0.